The van der Waals surface area contributed by atoms with Crippen LogP contribution >= 0.6 is 0 Å². The molecule has 2 rings (SSSR count). The van der Waals surface area contributed by atoms with Crippen molar-refractivity contribution in [1.29, 1.82) is 0 Å². The smallest absolute Gasteiger partial charge is 0.0989 e. The van der Waals surface area contributed by atoms with Gasteiger partial charge in [0.25, 0.3) is 0 Å². The van der Waals surface area contributed by atoms with Gasteiger partial charge in [0.2, 0.25) is 0 Å². The van der Waals surface area contributed by atoms with E-state index in [0.717, 1.165) is 13.2 Å². The van der Waals surface area contributed by atoms with Crippen LogP contribution in [0.5, 0.6) is 0 Å². The molecule has 0 aromatic heterocycles. The van der Waals surface area contributed by atoms with E-state index in [1.165, 1.54) is 0 Å². The number of hydrogen-bond acceptors (Lipinski definition) is 2. The number of hydrogen-bond donors (Lipinski definition) is 0. The van der Waals surface area contributed by atoms with Crippen molar-refractivity contribution in [2.45, 2.75) is 32.5 Å². The van der Waals surface area contributed by atoms with Crippen LogP contribution in [0.15, 0.2) is 0 Å². The van der Waals surface area contributed by atoms with Gasteiger partial charge < -0.3 is 9.47 Å². The van der Waals surface area contributed by atoms with Gasteiger partial charge in [-0.3, -0.25) is 0 Å². The van der Waals surface area contributed by atoms with Crippen molar-refractivity contribution in [3.05, 3.63) is 0 Å². The first-order chi connectivity index (χ1) is 5.17. The van der Waals surface area contributed by atoms with Gasteiger partial charge in [0, 0.05) is 5.92 Å². The van der Waals surface area contributed by atoms with Crippen molar-refractivity contribution in [3.63, 3.8) is 0 Å². The van der Waals surface area contributed by atoms with Crippen LogP contribution in [0.25, 0.3) is 0 Å². The molecule has 0 unspecified atom stereocenters. The highest BCUT2D eigenvalue weighted by Gasteiger charge is 2.55. The fourth-order valence-corrected chi connectivity index (χ4v) is 2.29. The molecule has 0 aromatic rings. The lowest BCUT2D eigenvalue weighted by Crippen LogP contribution is -2.41. The van der Waals surface area contributed by atoms with Crippen LogP contribution in [0.1, 0.15) is 20.8 Å². The SMILES string of the molecule is CC(C)[C@@]12CO[C@@H](CO1)[C@@H]2C. The molecule has 0 amide bonds. The van der Waals surface area contributed by atoms with Gasteiger partial charge in [0.15, 0.2) is 0 Å². The Bertz CT molecular complexity index is 157. The van der Waals surface area contributed by atoms with Crippen LogP contribution in [-0.2, 0) is 9.47 Å². The summed E-state index contributed by atoms with van der Waals surface area (Å²) in [6.07, 6.45) is 0.373. The molecule has 2 saturated heterocycles. The van der Waals surface area contributed by atoms with Gasteiger partial charge in [-0.2, -0.15) is 0 Å². The van der Waals surface area contributed by atoms with E-state index < -0.39 is 0 Å². The van der Waals surface area contributed by atoms with E-state index in [0.29, 0.717) is 17.9 Å². The standard InChI is InChI=1S/C9H16O2/c1-6(2)9-5-10-8(4-11-9)7(9)3/h6-8H,4-5H2,1-3H3/t7-,8-,9+/m0/s1. The summed E-state index contributed by atoms with van der Waals surface area (Å²) < 4.78 is 11.4. The second-order valence-corrected chi connectivity index (χ2v) is 4.06. The first-order valence-electron chi connectivity index (χ1n) is 4.42. The molecule has 2 aliphatic heterocycles. The molecule has 2 nitrogen and oxygen atoms in total. The molecule has 2 bridgehead atoms. The monoisotopic (exact) mass is 156 g/mol. The summed E-state index contributed by atoms with van der Waals surface area (Å²) in [5.41, 5.74) is 0.0463. The molecule has 3 atom stereocenters. The number of rotatable bonds is 1. The van der Waals surface area contributed by atoms with Gasteiger partial charge >= 0.3 is 0 Å². The molecular formula is C9H16O2. The predicted octanol–water partition coefficient (Wildman–Crippen LogP) is 1.45. The second-order valence-electron chi connectivity index (χ2n) is 4.06. The van der Waals surface area contributed by atoms with Crippen molar-refractivity contribution in [2.75, 3.05) is 13.2 Å². The van der Waals surface area contributed by atoms with Gasteiger partial charge in [0.1, 0.15) is 0 Å². The maximum absolute atomic E-state index is 5.79. The summed E-state index contributed by atoms with van der Waals surface area (Å²) in [5.74, 6) is 1.16. The molecule has 64 valence electrons. The normalized spacial score (nSPS) is 49.1. The van der Waals surface area contributed by atoms with Crippen LogP contribution in [0.4, 0.5) is 0 Å². The second kappa shape index (κ2) is 2.20. The highest BCUT2D eigenvalue weighted by molar-refractivity contribution is 5.02. The lowest BCUT2D eigenvalue weighted by atomic mass is 9.82. The maximum atomic E-state index is 5.79. The number of ether oxygens (including phenoxy) is 2. The third-order valence-electron chi connectivity index (χ3n) is 3.35. The molecule has 2 heterocycles. The molecule has 0 radical (unpaired) electrons. The van der Waals surface area contributed by atoms with Crippen molar-refractivity contribution in [2.24, 2.45) is 11.8 Å². The van der Waals surface area contributed by atoms with Gasteiger partial charge in [-0.05, 0) is 5.92 Å². The Hall–Kier alpha value is -0.0800. The minimum atomic E-state index is 0.0463. The molecule has 0 aliphatic carbocycles. The van der Waals surface area contributed by atoms with Crippen molar-refractivity contribution >= 4 is 0 Å². The molecular weight excluding hydrogens is 140 g/mol. The van der Waals surface area contributed by atoms with Crippen LogP contribution in [0, 0.1) is 11.8 Å². The maximum Gasteiger partial charge on any atom is 0.0989 e. The van der Waals surface area contributed by atoms with Gasteiger partial charge in [0.05, 0.1) is 24.9 Å². The zero-order valence-corrected chi connectivity index (χ0v) is 7.46. The Morgan fingerprint density at radius 1 is 1.45 bits per heavy atom. The van der Waals surface area contributed by atoms with Crippen LogP contribution in [-0.4, -0.2) is 24.9 Å². The molecule has 0 spiro atoms. The summed E-state index contributed by atoms with van der Waals surface area (Å²) in [6, 6.07) is 0. The average molecular weight is 156 g/mol. The van der Waals surface area contributed by atoms with Crippen molar-refractivity contribution in [1.82, 2.24) is 0 Å². The van der Waals surface area contributed by atoms with Crippen LogP contribution in [0.3, 0.4) is 0 Å². The van der Waals surface area contributed by atoms with E-state index in [1.54, 1.807) is 0 Å². The average Bonchev–Trinajstić information content (AvgIpc) is 2.46. The first kappa shape index (κ1) is 7.56. The highest BCUT2D eigenvalue weighted by atomic mass is 16.6. The largest absolute Gasteiger partial charge is 0.372 e. The molecule has 2 heteroatoms. The van der Waals surface area contributed by atoms with E-state index >= 15 is 0 Å². The van der Waals surface area contributed by atoms with Gasteiger partial charge in [-0.15, -0.1) is 0 Å². The molecule has 2 aliphatic rings. The van der Waals surface area contributed by atoms with Crippen molar-refractivity contribution < 1.29 is 9.47 Å². The van der Waals surface area contributed by atoms with E-state index in [4.69, 9.17) is 9.47 Å². The van der Waals surface area contributed by atoms with Crippen LogP contribution < -0.4 is 0 Å². The molecule has 0 aromatic carbocycles. The lowest BCUT2D eigenvalue weighted by Gasteiger charge is -2.32. The zero-order chi connectivity index (χ0) is 8.06. The van der Waals surface area contributed by atoms with Crippen molar-refractivity contribution in [3.8, 4) is 0 Å². The summed E-state index contributed by atoms with van der Waals surface area (Å²) in [7, 11) is 0. The predicted molar refractivity (Wildman–Crippen MR) is 42.4 cm³/mol. The summed E-state index contributed by atoms with van der Waals surface area (Å²) >= 11 is 0. The fraction of sp³-hybridized carbons (Fsp3) is 1.00. The minimum Gasteiger partial charge on any atom is -0.372 e. The summed E-state index contributed by atoms with van der Waals surface area (Å²) in [4.78, 5) is 0. The highest BCUT2D eigenvalue weighted by Crippen LogP contribution is 2.45. The van der Waals surface area contributed by atoms with E-state index in [-0.39, 0.29) is 5.60 Å². The number of fused-ring (bicyclic) bond motifs is 2. The van der Waals surface area contributed by atoms with E-state index in [9.17, 15) is 0 Å². The zero-order valence-electron chi connectivity index (χ0n) is 7.46. The third-order valence-corrected chi connectivity index (χ3v) is 3.35. The molecule has 0 N–H and O–H groups in total. The Morgan fingerprint density at radius 2 is 2.18 bits per heavy atom. The van der Waals surface area contributed by atoms with E-state index in [2.05, 4.69) is 20.8 Å². The summed E-state index contributed by atoms with van der Waals surface area (Å²) in [6.45, 7) is 8.28. The lowest BCUT2D eigenvalue weighted by molar-refractivity contribution is -0.118. The Balaban J connectivity index is 2.24. The van der Waals surface area contributed by atoms with Gasteiger partial charge in [-0.25, -0.2) is 0 Å². The minimum absolute atomic E-state index is 0.0463. The molecule has 11 heavy (non-hydrogen) atoms. The fourth-order valence-electron chi connectivity index (χ4n) is 2.29. The topological polar surface area (TPSA) is 18.5 Å². The third kappa shape index (κ3) is 0.798. The van der Waals surface area contributed by atoms with Crippen LogP contribution in [0.2, 0.25) is 0 Å². The quantitative estimate of drug-likeness (QED) is 0.572. The Kier molecular flexibility index (Phi) is 1.52. The van der Waals surface area contributed by atoms with E-state index in [1.807, 2.05) is 0 Å². The molecule has 2 fully saturated rings. The first-order valence-corrected chi connectivity index (χ1v) is 4.42. The Morgan fingerprint density at radius 3 is 2.36 bits per heavy atom. The molecule has 0 saturated carbocycles. The summed E-state index contributed by atoms with van der Waals surface area (Å²) in [5, 5.41) is 0. The Labute approximate surface area is 67.9 Å². The van der Waals surface area contributed by atoms with Gasteiger partial charge in [-0.1, -0.05) is 20.8 Å².